The van der Waals surface area contributed by atoms with Gasteiger partial charge >= 0.3 is 0 Å². The van der Waals surface area contributed by atoms with Crippen molar-refractivity contribution in [1.82, 2.24) is 20.0 Å². The number of hydrogen-bond donors (Lipinski definition) is 2. The number of nitrogens with one attached hydrogen (secondary N) is 2. The summed E-state index contributed by atoms with van der Waals surface area (Å²) in [5, 5.41) is 14.0. The van der Waals surface area contributed by atoms with E-state index < -0.39 is 0 Å². The minimum absolute atomic E-state index is 0.195. The zero-order valence-electron chi connectivity index (χ0n) is 12.8. The Kier molecular flexibility index (Phi) is 3.22. The van der Waals surface area contributed by atoms with E-state index in [1.54, 1.807) is 12.3 Å². The number of rotatable bonds is 3. The quantitative estimate of drug-likeness (QED) is 0.781. The monoisotopic (exact) mass is 307 g/mol. The number of amides is 1. The highest BCUT2D eigenvalue weighted by Crippen LogP contribution is 2.29. The molecule has 23 heavy (non-hydrogen) atoms. The highest BCUT2D eigenvalue weighted by molar-refractivity contribution is 6.03. The van der Waals surface area contributed by atoms with Crippen LogP contribution in [0, 0.1) is 6.92 Å². The molecular formula is C17H17N5O. The van der Waals surface area contributed by atoms with Crippen molar-refractivity contribution in [3.8, 4) is 5.69 Å². The molecule has 0 radical (unpaired) electrons. The van der Waals surface area contributed by atoms with Gasteiger partial charge in [-0.25, -0.2) is 4.68 Å². The number of H-pyrrole nitrogens is 1. The SMILES string of the molecule is Cc1ccccc1-n1nc(C(=O)Nc2ccn[nH]2)c2c1CCC2. The Morgan fingerprint density at radius 3 is 2.91 bits per heavy atom. The van der Waals surface area contributed by atoms with E-state index in [2.05, 4.69) is 33.6 Å². The first-order valence-electron chi connectivity index (χ1n) is 7.71. The van der Waals surface area contributed by atoms with Crippen molar-refractivity contribution in [3.05, 3.63) is 59.0 Å². The second kappa shape index (κ2) is 5.39. The average Bonchev–Trinajstić information content (AvgIpc) is 3.24. The van der Waals surface area contributed by atoms with Gasteiger partial charge in [0.15, 0.2) is 5.69 Å². The zero-order chi connectivity index (χ0) is 15.8. The Morgan fingerprint density at radius 1 is 1.26 bits per heavy atom. The summed E-state index contributed by atoms with van der Waals surface area (Å²) in [6, 6.07) is 9.82. The standard InChI is InChI=1S/C17H17N5O/c1-11-5-2-3-7-13(11)22-14-8-4-6-12(14)16(21-22)17(23)19-15-9-10-18-20-15/h2-3,5,7,9-10H,4,6,8H2,1H3,(H2,18,19,20,23). The number of aromatic amines is 1. The number of aromatic nitrogens is 4. The van der Waals surface area contributed by atoms with Crippen LogP contribution in [0.2, 0.25) is 0 Å². The molecule has 1 aliphatic rings. The van der Waals surface area contributed by atoms with Crippen molar-refractivity contribution in [2.45, 2.75) is 26.2 Å². The van der Waals surface area contributed by atoms with Gasteiger partial charge in [0.05, 0.1) is 11.9 Å². The first kappa shape index (κ1) is 13.8. The first-order valence-corrected chi connectivity index (χ1v) is 7.71. The summed E-state index contributed by atoms with van der Waals surface area (Å²) in [6.45, 7) is 2.06. The van der Waals surface area contributed by atoms with Gasteiger partial charge in [-0.3, -0.25) is 9.89 Å². The number of anilines is 1. The largest absolute Gasteiger partial charge is 0.306 e. The molecule has 1 aliphatic carbocycles. The van der Waals surface area contributed by atoms with Crippen LogP contribution < -0.4 is 5.32 Å². The van der Waals surface area contributed by atoms with E-state index in [4.69, 9.17) is 0 Å². The van der Waals surface area contributed by atoms with Crippen LogP contribution >= 0.6 is 0 Å². The van der Waals surface area contributed by atoms with E-state index >= 15 is 0 Å². The number of aryl methyl sites for hydroxylation is 1. The molecule has 3 aromatic rings. The smallest absolute Gasteiger partial charge is 0.277 e. The third kappa shape index (κ3) is 2.32. The first-order chi connectivity index (χ1) is 11.2. The lowest BCUT2D eigenvalue weighted by molar-refractivity contribution is 0.102. The number of fused-ring (bicyclic) bond motifs is 1. The molecule has 6 heteroatoms. The number of para-hydroxylation sites is 1. The van der Waals surface area contributed by atoms with Crippen molar-refractivity contribution < 1.29 is 4.79 Å². The second-order valence-corrected chi connectivity index (χ2v) is 5.75. The zero-order valence-corrected chi connectivity index (χ0v) is 12.8. The van der Waals surface area contributed by atoms with Crippen molar-refractivity contribution in [1.29, 1.82) is 0 Å². The van der Waals surface area contributed by atoms with Gasteiger partial charge in [-0.15, -0.1) is 0 Å². The minimum Gasteiger partial charge on any atom is -0.306 e. The topological polar surface area (TPSA) is 75.6 Å². The highest BCUT2D eigenvalue weighted by atomic mass is 16.2. The van der Waals surface area contributed by atoms with Gasteiger partial charge in [-0.1, -0.05) is 18.2 Å². The predicted molar refractivity (Wildman–Crippen MR) is 86.9 cm³/mol. The number of benzene rings is 1. The van der Waals surface area contributed by atoms with Crippen LogP contribution in [0.3, 0.4) is 0 Å². The summed E-state index contributed by atoms with van der Waals surface area (Å²) in [5.74, 6) is 0.381. The van der Waals surface area contributed by atoms with Gasteiger partial charge in [-0.2, -0.15) is 10.2 Å². The summed E-state index contributed by atoms with van der Waals surface area (Å²) in [5.41, 5.74) is 4.89. The maximum Gasteiger partial charge on any atom is 0.277 e. The Balaban J connectivity index is 1.76. The van der Waals surface area contributed by atoms with Crippen molar-refractivity contribution >= 4 is 11.7 Å². The fraction of sp³-hybridized carbons (Fsp3) is 0.235. The van der Waals surface area contributed by atoms with Crippen LogP contribution in [-0.4, -0.2) is 25.9 Å². The number of nitrogens with zero attached hydrogens (tertiary/aromatic N) is 3. The molecule has 0 atom stereocenters. The van der Waals surface area contributed by atoms with Crippen molar-refractivity contribution in [2.24, 2.45) is 0 Å². The Labute approximate surface area is 133 Å². The molecule has 0 saturated heterocycles. The lowest BCUT2D eigenvalue weighted by Gasteiger charge is -2.08. The van der Waals surface area contributed by atoms with Gasteiger partial charge in [0.1, 0.15) is 5.82 Å². The van der Waals surface area contributed by atoms with E-state index in [1.807, 2.05) is 22.9 Å². The van der Waals surface area contributed by atoms with E-state index in [-0.39, 0.29) is 5.91 Å². The molecule has 0 unspecified atom stereocenters. The molecule has 0 spiro atoms. The summed E-state index contributed by atoms with van der Waals surface area (Å²) < 4.78 is 1.93. The molecule has 0 bridgehead atoms. The Morgan fingerprint density at radius 2 is 2.13 bits per heavy atom. The van der Waals surface area contributed by atoms with Crippen LogP contribution in [0.5, 0.6) is 0 Å². The van der Waals surface area contributed by atoms with Crippen LogP contribution in [0.4, 0.5) is 5.82 Å². The highest BCUT2D eigenvalue weighted by Gasteiger charge is 2.27. The molecule has 0 aliphatic heterocycles. The predicted octanol–water partition coefficient (Wildman–Crippen LogP) is 2.64. The van der Waals surface area contributed by atoms with E-state index in [9.17, 15) is 4.79 Å². The Bertz CT molecular complexity index is 863. The van der Waals surface area contributed by atoms with Gasteiger partial charge in [-0.05, 0) is 37.8 Å². The molecule has 4 rings (SSSR count). The molecule has 1 aromatic carbocycles. The van der Waals surface area contributed by atoms with Gasteiger partial charge in [0, 0.05) is 17.3 Å². The average molecular weight is 307 g/mol. The fourth-order valence-corrected chi connectivity index (χ4v) is 3.13. The normalized spacial score (nSPS) is 13.1. The fourth-order valence-electron chi connectivity index (χ4n) is 3.13. The van der Waals surface area contributed by atoms with E-state index in [0.29, 0.717) is 11.5 Å². The Hall–Kier alpha value is -2.89. The van der Waals surface area contributed by atoms with Crippen LogP contribution in [0.25, 0.3) is 5.69 Å². The molecule has 2 heterocycles. The molecule has 0 fully saturated rings. The molecule has 6 nitrogen and oxygen atoms in total. The van der Waals surface area contributed by atoms with Gasteiger partial charge in [0.25, 0.3) is 5.91 Å². The van der Waals surface area contributed by atoms with E-state index in [1.165, 1.54) is 0 Å². The van der Waals surface area contributed by atoms with Gasteiger partial charge in [0.2, 0.25) is 0 Å². The maximum absolute atomic E-state index is 12.6. The van der Waals surface area contributed by atoms with Crippen LogP contribution in [0.1, 0.15) is 33.7 Å². The van der Waals surface area contributed by atoms with Crippen LogP contribution in [0.15, 0.2) is 36.5 Å². The van der Waals surface area contributed by atoms with Crippen molar-refractivity contribution in [3.63, 3.8) is 0 Å². The number of carbonyl (C=O) groups is 1. The summed E-state index contributed by atoms with van der Waals surface area (Å²) in [6.07, 6.45) is 4.51. The third-order valence-corrected chi connectivity index (χ3v) is 4.24. The summed E-state index contributed by atoms with van der Waals surface area (Å²) in [4.78, 5) is 12.6. The summed E-state index contributed by atoms with van der Waals surface area (Å²) in [7, 11) is 0. The maximum atomic E-state index is 12.6. The molecule has 2 N–H and O–H groups in total. The van der Waals surface area contributed by atoms with Crippen LogP contribution in [-0.2, 0) is 12.8 Å². The lowest BCUT2D eigenvalue weighted by atomic mass is 10.2. The molecule has 116 valence electrons. The third-order valence-electron chi connectivity index (χ3n) is 4.24. The molecule has 1 amide bonds. The minimum atomic E-state index is -0.195. The number of hydrogen-bond acceptors (Lipinski definition) is 3. The molecule has 0 saturated carbocycles. The van der Waals surface area contributed by atoms with Crippen molar-refractivity contribution in [2.75, 3.05) is 5.32 Å². The molecule has 2 aromatic heterocycles. The molecular weight excluding hydrogens is 290 g/mol. The second-order valence-electron chi connectivity index (χ2n) is 5.75. The van der Waals surface area contributed by atoms with E-state index in [0.717, 1.165) is 41.8 Å². The lowest BCUT2D eigenvalue weighted by Crippen LogP contribution is -2.15. The van der Waals surface area contributed by atoms with Gasteiger partial charge < -0.3 is 5.32 Å². The number of carbonyl (C=O) groups excluding carboxylic acids is 1. The summed E-state index contributed by atoms with van der Waals surface area (Å²) >= 11 is 0.